The van der Waals surface area contributed by atoms with Crippen molar-refractivity contribution < 1.29 is 43.8 Å². The summed E-state index contributed by atoms with van der Waals surface area (Å²) in [5.41, 5.74) is 7.38. The van der Waals surface area contributed by atoms with E-state index in [1.54, 1.807) is 24.3 Å². The summed E-state index contributed by atoms with van der Waals surface area (Å²) in [6.45, 7) is 0. The van der Waals surface area contributed by atoms with Gasteiger partial charge in [0, 0.05) is 18.6 Å². The van der Waals surface area contributed by atoms with Crippen LogP contribution in [0.15, 0.2) is 54.6 Å². The summed E-state index contributed by atoms with van der Waals surface area (Å²) < 4.78 is 0. The smallest absolute Gasteiger partial charge is 0.327 e. The summed E-state index contributed by atoms with van der Waals surface area (Å²) in [6.07, 6.45) is 2.49. The Morgan fingerprint density at radius 1 is 0.714 bits per heavy atom. The van der Waals surface area contributed by atoms with E-state index >= 15 is 0 Å². The molecule has 2 aromatic rings. The van der Waals surface area contributed by atoms with Gasteiger partial charge in [0.15, 0.2) is 0 Å². The average Bonchev–Trinajstić information content (AvgIpc) is 3.09. The van der Waals surface area contributed by atoms with Crippen molar-refractivity contribution in [2.24, 2.45) is 11.7 Å². The predicted octanol–water partition coefficient (Wildman–Crippen LogP) is 1.69. The number of rotatable bonds is 18. The molecule has 15 heteroatoms. The van der Waals surface area contributed by atoms with Gasteiger partial charge in [-0.3, -0.25) is 28.8 Å². The number of nitrogens with one attached hydrogen (secondary N) is 4. The van der Waals surface area contributed by atoms with Crippen LogP contribution < -0.4 is 27.0 Å². The zero-order valence-electron chi connectivity index (χ0n) is 26.9. The fourth-order valence-corrected chi connectivity index (χ4v) is 5.88. The first-order valence-electron chi connectivity index (χ1n) is 16.1. The van der Waals surface area contributed by atoms with Crippen molar-refractivity contribution in [2.75, 3.05) is 5.75 Å². The van der Waals surface area contributed by atoms with Crippen molar-refractivity contribution in [3.63, 3.8) is 0 Å². The fourth-order valence-electron chi connectivity index (χ4n) is 5.63. The number of primary amides is 1. The standard InChI is InChI=1S/C34H43N5O9S/c35-26(40)16-15-24(36-32(45)29(22-9-5-2-6-10-22)38-27(41)17-18-28(42)43)31(44)39-30(33(46)37-25(19-49)34(47)48)23-13-11-21(12-14-23)20-7-3-1-4-8-20/h1,3-4,7-8,11-14,22,24-25,29-30,49H,2,5-6,9-10,15-19H2,(H2,35,40)(H,36,45)(H,37,46)(H,38,41)(H,39,44)(H,42,43)(H,47,48)/t24-,25-,29?,30-/m0/s1. The lowest BCUT2D eigenvalue weighted by molar-refractivity contribution is -0.141. The van der Waals surface area contributed by atoms with Gasteiger partial charge in [-0.15, -0.1) is 0 Å². The second kappa shape index (κ2) is 19.2. The van der Waals surface area contributed by atoms with Gasteiger partial charge in [-0.2, -0.15) is 12.6 Å². The van der Waals surface area contributed by atoms with Gasteiger partial charge in [0.05, 0.1) is 6.42 Å². The Labute approximate surface area is 289 Å². The SMILES string of the molecule is NC(=O)CC[C@H](NC(=O)C(NC(=O)CCC(=O)O)C1CCCCC1)C(=O)N[C@H](C(=O)N[C@@H](CS)C(=O)O)c1ccc(-c2ccccc2)cc1. The Kier molecular flexibility index (Phi) is 15.1. The molecule has 8 N–H and O–H groups in total. The second-order valence-electron chi connectivity index (χ2n) is 11.9. The lowest BCUT2D eigenvalue weighted by Gasteiger charge is -2.31. The number of amides is 5. The Balaban J connectivity index is 1.90. The molecular formula is C34H43N5O9S. The predicted molar refractivity (Wildman–Crippen MR) is 182 cm³/mol. The van der Waals surface area contributed by atoms with E-state index in [-0.39, 0.29) is 30.9 Å². The van der Waals surface area contributed by atoms with Crippen LogP contribution in [0.25, 0.3) is 11.1 Å². The van der Waals surface area contributed by atoms with Gasteiger partial charge in [-0.05, 0) is 41.9 Å². The van der Waals surface area contributed by atoms with Crippen molar-refractivity contribution in [3.8, 4) is 11.1 Å². The van der Waals surface area contributed by atoms with Crippen LogP contribution in [0.1, 0.15) is 69.4 Å². The number of nitrogens with two attached hydrogens (primary N) is 1. The van der Waals surface area contributed by atoms with E-state index in [4.69, 9.17) is 10.8 Å². The lowest BCUT2D eigenvalue weighted by atomic mass is 9.83. The summed E-state index contributed by atoms with van der Waals surface area (Å²) in [5.74, 6) is -6.83. The summed E-state index contributed by atoms with van der Waals surface area (Å²) in [6, 6.07) is 10.8. The second-order valence-corrected chi connectivity index (χ2v) is 12.3. The Hall–Kier alpha value is -4.92. The highest BCUT2D eigenvalue weighted by atomic mass is 32.1. The molecule has 3 rings (SSSR count). The summed E-state index contributed by atoms with van der Waals surface area (Å²) in [7, 11) is 0. The van der Waals surface area contributed by atoms with Crippen LogP contribution in [-0.4, -0.2) is 75.6 Å². The molecule has 1 fully saturated rings. The maximum Gasteiger partial charge on any atom is 0.327 e. The van der Waals surface area contributed by atoms with Crippen LogP contribution in [0.3, 0.4) is 0 Å². The molecular weight excluding hydrogens is 654 g/mol. The number of carbonyl (C=O) groups is 7. The van der Waals surface area contributed by atoms with Gasteiger partial charge in [0.1, 0.15) is 24.2 Å². The van der Waals surface area contributed by atoms with Gasteiger partial charge in [0.25, 0.3) is 0 Å². The molecule has 1 unspecified atom stereocenters. The highest BCUT2D eigenvalue weighted by Crippen LogP contribution is 2.27. The highest BCUT2D eigenvalue weighted by Gasteiger charge is 2.35. The Bertz CT molecular complexity index is 1480. The van der Waals surface area contributed by atoms with Gasteiger partial charge in [0.2, 0.25) is 29.5 Å². The van der Waals surface area contributed by atoms with Crippen molar-refractivity contribution in [1.29, 1.82) is 0 Å². The molecule has 5 amide bonds. The number of carboxylic acid groups (broad SMARTS) is 2. The number of aliphatic carboxylic acids is 2. The number of benzene rings is 2. The van der Waals surface area contributed by atoms with E-state index < -0.39 is 72.1 Å². The highest BCUT2D eigenvalue weighted by molar-refractivity contribution is 7.80. The van der Waals surface area contributed by atoms with E-state index in [0.29, 0.717) is 18.4 Å². The molecule has 0 heterocycles. The largest absolute Gasteiger partial charge is 0.481 e. The third-order valence-corrected chi connectivity index (χ3v) is 8.66. The fraction of sp³-hybridized carbons (Fsp3) is 0.441. The van der Waals surface area contributed by atoms with E-state index in [1.165, 1.54) is 0 Å². The first-order valence-corrected chi connectivity index (χ1v) is 16.7. The molecule has 0 aliphatic heterocycles. The van der Waals surface area contributed by atoms with Gasteiger partial charge >= 0.3 is 11.9 Å². The minimum Gasteiger partial charge on any atom is -0.481 e. The van der Waals surface area contributed by atoms with Crippen LogP contribution in [0.5, 0.6) is 0 Å². The first kappa shape index (κ1) is 38.5. The van der Waals surface area contributed by atoms with Crippen LogP contribution in [0.2, 0.25) is 0 Å². The minimum atomic E-state index is -1.42. The topological polar surface area (TPSA) is 234 Å². The molecule has 0 saturated heterocycles. The molecule has 1 aliphatic rings. The van der Waals surface area contributed by atoms with Crippen molar-refractivity contribution in [2.45, 2.75) is 82.0 Å². The van der Waals surface area contributed by atoms with Gasteiger partial charge < -0.3 is 37.2 Å². The molecule has 0 aromatic heterocycles. The quantitative estimate of drug-likeness (QED) is 0.106. The first-order chi connectivity index (χ1) is 23.4. The van der Waals surface area contributed by atoms with E-state index in [1.807, 2.05) is 30.3 Å². The zero-order valence-corrected chi connectivity index (χ0v) is 27.8. The minimum absolute atomic E-state index is 0.229. The third kappa shape index (κ3) is 12.2. The monoisotopic (exact) mass is 697 g/mol. The molecule has 0 bridgehead atoms. The van der Waals surface area contributed by atoms with Gasteiger partial charge in [-0.1, -0.05) is 73.9 Å². The van der Waals surface area contributed by atoms with E-state index in [0.717, 1.165) is 30.4 Å². The molecule has 1 saturated carbocycles. The number of hydrogen-bond acceptors (Lipinski definition) is 8. The third-order valence-electron chi connectivity index (χ3n) is 8.30. The van der Waals surface area contributed by atoms with Crippen molar-refractivity contribution in [3.05, 3.63) is 60.2 Å². The van der Waals surface area contributed by atoms with Crippen molar-refractivity contribution in [1.82, 2.24) is 21.3 Å². The Morgan fingerprint density at radius 3 is 1.90 bits per heavy atom. The van der Waals surface area contributed by atoms with E-state index in [2.05, 4.69) is 33.9 Å². The number of carbonyl (C=O) groups excluding carboxylic acids is 5. The van der Waals surface area contributed by atoms with Crippen LogP contribution in [-0.2, 0) is 33.6 Å². The molecule has 2 aromatic carbocycles. The van der Waals surface area contributed by atoms with Crippen LogP contribution in [0.4, 0.5) is 0 Å². The molecule has 4 atom stereocenters. The van der Waals surface area contributed by atoms with E-state index in [9.17, 15) is 38.7 Å². The summed E-state index contributed by atoms with van der Waals surface area (Å²) in [4.78, 5) is 88.0. The number of thiol groups is 1. The van der Waals surface area contributed by atoms with Crippen LogP contribution >= 0.6 is 12.6 Å². The van der Waals surface area contributed by atoms with Crippen molar-refractivity contribution >= 4 is 54.1 Å². The molecule has 264 valence electrons. The zero-order chi connectivity index (χ0) is 35.9. The summed E-state index contributed by atoms with van der Waals surface area (Å²) in [5, 5.41) is 28.7. The lowest BCUT2D eigenvalue weighted by Crippen LogP contribution is -2.57. The molecule has 49 heavy (non-hydrogen) atoms. The average molecular weight is 698 g/mol. The molecule has 0 spiro atoms. The maximum atomic E-state index is 13.8. The normalized spacial score (nSPS) is 15.4. The number of carboxylic acids is 2. The molecule has 0 radical (unpaired) electrons. The maximum absolute atomic E-state index is 13.8. The van der Waals surface area contributed by atoms with Crippen LogP contribution in [0, 0.1) is 5.92 Å². The van der Waals surface area contributed by atoms with Gasteiger partial charge in [-0.25, -0.2) is 4.79 Å². The molecule has 14 nitrogen and oxygen atoms in total. The Morgan fingerprint density at radius 2 is 1.33 bits per heavy atom. The molecule has 1 aliphatic carbocycles. The summed E-state index contributed by atoms with van der Waals surface area (Å²) >= 11 is 4.00. The number of hydrogen-bond donors (Lipinski definition) is 8.